The molecule has 0 radical (unpaired) electrons. The summed E-state index contributed by atoms with van der Waals surface area (Å²) in [6.45, 7) is 2.88. The van der Waals surface area contributed by atoms with Crippen LogP contribution in [0.2, 0.25) is 0 Å². The minimum atomic E-state index is 0.760. The van der Waals surface area contributed by atoms with Crippen LogP contribution >= 0.6 is 0 Å². The van der Waals surface area contributed by atoms with Crippen LogP contribution in [0.3, 0.4) is 0 Å². The lowest BCUT2D eigenvalue weighted by molar-refractivity contribution is 0.420. The third kappa shape index (κ3) is 2.68. The van der Waals surface area contributed by atoms with Crippen molar-refractivity contribution in [3.63, 3.8) is 0 Å². The fourth-order valence-corrected chi connectivity index (χ4v) is 2.48. The molecule has 0 spiro atoms. The molecule has 0 aliphatic rings. The Morgan fingerprint density at radius 2 is 1.86 bits per heavy atom. The van der Waals surface area contributed by atoms with E-state index in [1.807, 2.05) is 24.4 Å². The number of hydrogen-bond donors (Lipinski definition) is 1. The molecule has 0 atom stereocenters. The van der Waals surface area contributed by atoms with Crippen LogP contribution in [0.5, 0.6) is 5.75 Å². The fraction of sp³-hybridized carbons (Fsp3) is 0.167. The van der Waals surface area contributed by atoms with Crippen molar-refractivity contribution >= 4 is 16.6 Å². The van der Waals surface area contributed by atoms with Gasteiger partial charge in [-0.25, -0.2) is 4.98 Å². The Bertz CT molecular complexity index is 768. The number of rotatable bonds is 4. The molecular weight excluding hydrogens is 260 g/mol. The topological polar surface area (TPSA) is 34.1 Å². The van der Waals surface area contributed by atoms with Crippen molar-refractivity contribution in [3.8, 4) is 5.75 Å². The Labute approximate surface area is 124 Å². The van der Waals surface area contributed by atoms with Gasteiger partial charge in [0.25, 0.3) is 0 Å². The zero-order chi connectivity index (χ0) is 14.7. The van der Waals surface area contributed by atoms with Crippen molar-refractivity contribution in [3.05, 3.63) is 65.9 Å². The predicted molar refractivity (Wildman–Crippen MR) is 86.8 cm³/mol. The molecule has 0 unspecified atom stereocenters. The third-order valence-corrected chi connectivity index (χ3v) is 3.69. The molecule has 1 aromatic heterocycles. The Morgan fingerprint density at radius 3 is 2.67 bits per heavy atom. The van der Waals surface area contributed by atoms with Crippen LogP contribution in [0.25, 0.3) is 10.8 Å². The van der Waals surface area contributed by atoms with Gasteiger partial charge in [0, 0.05) is 23.5 Å². The second-order valence-corrected chi connectivity index (χ2v) is 4.99. The molecule has 2 aromatic carbocycles. The van der Waals surface area contributed by atoms with E-state index in [1.165, 1.54) is 11.1 Å². The molecule has 3 heteroatoms. The summed E-state index contributed by atoms with van der Waals surface area (Å²) < 4.78 is 5.41. The maximum atomic E-state index is 5.41. The number of hydrogen-bond acceptors (Lipinski definition) is 3. The van der Waals surface area contributed by atoms with E-state index in [2.05, 4.69) is 47.6 Å². The van der Waals surface area contributed by atoms with E-state index >= 15 is 0 Å². The number of benzene rings is 2. The number of nitrogens with zero attached hydrogens (tertiary/aromatic N) is 1. The van der Waals surface area contributed by atoms with Crippen LogP contribution in [-0.2, 0) is 6.54 Å². The van der Waals surface area contributed by atoms with Crippen LogP contribution in [0.4, 0.5) is 5.82 Å². The van der Waals surface area contributed by atoms with Crippen molar-refractivity contribution in [1.82, 2.24) is 4.98 Å². The van der Waals surface area contributed by atoms with Gasteiger partial charge < -0.3 is 10.1 Å². The summed E-state index contributed by atoms with van der Waals surface area (Å²) in [7, 11) is 1.69. The molecule has 0 amide bonds. The molecule has 0 saturated carbocycles. The summed E-state index contributed by atoms with van der Waals surface area (Å²) in [6, 6.07) is 16.4. The van der Waals surface area contributed by atoms with Gasteiger partial charge in [0.15, 0.2) is 0 Å². The first-order valence-electron chi connectivity index (χ1n) is 6.99. The van der Waals surface area contributed by atoms with Crippen molar-refractivity contribution in [2.75, 3.05) is 12.4 Å². The lowest BCUT2D eigenvalue weighted by Crippen LogP contribution is -2.03. The number of ether oxygens (including phenoxy) is 1. The van der Waals surface area contributed by atoms with Crippen molar-refractivity contribution in [2.24, 2.45) is 0 Å². The maximum absolute atomic E-state index is 5.41. The third-order valence-electron chi connectivity index (χ3n) is 3.69. The highest BCUT2D eigenvalue weighted by Gasteiger charge is 2.06. The first-order valence-corrected chi connectivity index (χ1v) is 6.99. The quantitative estimate of drug-likeness (QED) is 0.778. The van der Waals surface area contributed by atoms with Crippen LogP contribution < -0.4 is 10.1 Å². The Balaban J connectivity index is 1.93. The lowest BCUT2D eigenvalue weighted by atomic mass is 10.1. The lowest BCUT2D eigenvalue weighted by Gasteiger charge is -2.12. The minimum Gasteiger partial charge on any atom is -0.496 e. The predicted octanol–water partition coefficient (Wildman–Crippen LogP) is 4.16. The highest BCUT2D eigenvalue weighted by molar-refractivity contribution is 5.95. The maximum Gasteiger partial charge on any atom is 0.134 e. The summed E-state index contributed by atoms with van der Waals surface area (Å²) in [5.41, 5.74) is 2.56. The number of aryl methyl sites for hydroxylation is 1. The van der Waals surface area contributed by atoms with E-state index in [9.17, 15) is 0 Å². The molecule has 0 saturated heterocycles. The van der Waals surface area contributed by atoms with Gasteiger partial charge in [0.1, 0.15) is 11.6 Å². The van der Waals surface area contributed by atoms with E-state index in [1.54, 1.807) is 7.11 Å². The second kappa shape index (κ2) is 5.83. The summed E-state index contributed by atoms with van der Waals surface area (Å²) in [5, 5.41) is 5.58. The van der Waals surface area contributed by atoms with Crippen molar-refractivity contribution in [1.29, 1.82) is 0 Å². The largest absolute Gasteiger partial charge is 0.496 e. The Hall–Kier alpha value is -2.55. The fourth-order valence-electron chi connectivity index (χ4n) is 2.48. The van der Waals surface area contributed by atoms with Gasteiger partial charge in [0.2, 0.25) is 0 Å². The smallest absolute Gasteiger partial charge is 0.134 e. The SMILES string of the molecule is COc1cccc2c(NCc3ccccc3C)nccc12. The molecule has 3 nitrogen and oxygen atoms in total. The molecule has 106 valence electrons. The van der Waals surface area contributed by atoms with Crippen molar-refractivity contribution < 1.29 is 4.74 Å². The summed E-state index contributed by atoms with van der Waals surface area (Å²) in [5.74, 6) is 1.75. The molecule has 0 bridgehead atoms. The number of nitrogens with one attached hydrogen (secondary N) is 1. The summed E-state index contributed by atoms with van der Waals surface area (Å²) in [6.07, 6.45) is 1.81. The number of methoxy groups -OCH3 is 1. The minimum absolute atomic E-state index is 0.760. The average Bonchev–Trinajstić information content (AvgIpc) is 2.53. The Morgan fingerprint density at radius 1 is 1.00 bits per heavy atom. The summed E-state index contributed by atoms with van der Waals surface area (Å²) >= 11 is 0. The van der Waals surface area contributed by atoms with Crippen LogP contribution in [0.1, 0.15) is 11.1 Å². The van der Waals surface area contributed by atoms with Gasteiger partial charge >= 0.3 is 0 Å². The van der Waals surface area contributed by atoms with Crippen LogP contribution in [0, 0.1) is 6.92 Å². The van der Waals surface area contributed by atoms with Crippen LogP contribution in [-0.4, -0.2) is 12.1 Å². The first-order chi connectivity index (χ1) is 10.3. The zero-order valence-corrected chi connectivity index (χ0v) is 12.3. The zero-order valence-electron chi connectivity index (χ0n) is 12.3. The van der Waals surface area contributed by atoms with E-state index in [0.29, 0.717) is 0 Å². The second-order valence-electron chi connectivity index (χ2n) is 4.99. The number of anilines is 1. The number of fused-ring (bicyclic) bond motifs is 1. The molecule has 0 aliphatic heterocycles. The van der Waals surface area contributed by atoms with E-state index in [0.717, 1.165) is 28.9 Å². The molecule has 21 heavy (non-hydrogen) atoms. The standard InChI is InChI=1S/C18H18N2O/c1-13-6-3-4-7-14(13)12-20-18-16-8-5-9-17(21-2)15(16)10-11-19-18/h3-11H,12H2,1-2H3,(H,19,20). The molecular formula is C18H18N2O. The van der Waals surface area contributed by atoms with Crippen LogP contribution in [0.15, 0.2) is 54.7 Å². The average molecular weight is 278 g/mol. The normalized spacial score (nSPS) is 10.6. The first kappa shape index (κ1) is 13.4. The number of aromatic nitrogens is 1. The van der Waals surface area contributed by atoms with Gasteiger partial charge in [-0.15, -0.1) is 0 Å². The van der Waals surface area contributed by atoms with E-state index in [-0.39, 0.29) is 0 Å². The highest BCUT2D eigenvalue weighted by atomic mass is 16.5. The van der Waals surface area contributed by atoms with Gasteiger partial charge in [-0.05, 0) is 30.2 Å². The molecule has 1 N–H and O–H groups in total. The van der Waals surface area contributed by atoms with E-state index in [4.69, 9.17) is 4.74 Å². The monoisotopic (exact) mass is 278 g/mol. The summed E-state index contributed by atoms with van der Waals surface area (Å²) in [4.78, 5) is 4.46. The number of pyridine rings is 1. The molecule has 3 rings (SSSR count). The van der Waals surface area contributed by atoms with Gasteiger partial charge in [-0.3, -0.25) is 0 Å². The highest BCUT2D eigenvalue weighted by Crippen LogP contribution is 2.29. The van der Waals surface area contributed by atoms with E-state index < -0.39 is 0 Å². The molecule has 0 aliphatic carbocycles. The van der Waals surface area contributed by atoms with Gasteiger partial charge in [-0.2, -0.15) is 0 Å². The Kier molecular flexibility index (Phi) is 3.73. The van der Waals surface area contributed by atoms with Gasteiger partial charge in [-0.1, -0.05) is 36.4 Å². The molecule has 0 fully saturated rings. The van der Waals surface area contributed by atoms with Crippen molar-refractivity contribution in [2.45, 2.75) is 13.5 Å². The van der Waals surface area contributed by atoms with Gasteiger partial charge in [0.05, 0.1) is 7.11 Å². The molecule has 3 aromatic rings. The molecule has 1 heterocycles.